The third-order valence-electron chi connectivity index (χ3n) is 2.69. The number of anilines is 1. The Morgan fingerprint density at radius 3 is 2.89 bits per heavy atom. The molecule has 0 bridgehead atoms. The molecule has 0 aromatic carbocycles. The first-order valence-electron chi connectivity index (χ1n) is 5.96. The third-order valence-corrected chi connectivity index (χ3v) is 3.48. The molecular weight excluding hydrogens is 266 g/mol. The monoisotopic (exact) mass is 281 g/mol. The molecule has 2 aromatic rings. The van der Waals surface area contributed by atoms with Crippen LogP contribution >= 0.6 is 11.5 Å². The van der Waals surface area contributed by atoms with Crippen molar-refractivity contribution in [2.24, 2.45) is 0 Å². The molecule has 0 aliphatic heterocycles. The molecule has 0 radical (unpaired) electrons. The summed E-state index contributed by atoms with van der Waals surface area (Å²) < 4.78 is 6.51. The highest BCUT2D eigenvalue weighted by molar-refractivity contribution is 7.10. The summed E-state index contributed by atoms with van der Waals surface area (Å²) in [6.45, 7) is 2.70. The summed E-state index contributed by atoms with van der Waals surface area (Å²) in [4.78, 5) is 24.0. The highest BCUT2D eigenvalue weighted by Crippen LogP contribution is 2.16. The van der Waals surface area contributed by atoms with Gasteiger partial charge in [-0.15, -0.1) is 5.10 Å². The summed E-state index contributed by atoms with van der Waals surface area (Å²) >= 11 is 1.20. The summed E-state index contributed by atoms with van der Waals surface area (Å²) in [6.07, 6.45) is 2.36. The maximum Gasteiger partial charge on any atom is 0.331 e. The second-order valence-electron chi connectivity index (χ2n) is 4.01. The molecular formula is C11H15N5O2S. The van der Waals surface area contributed by atoms with Gasteiger partial charge in [0.2, 0.25) is 0 Å². The quantitative estimate of drug-likeness (QED) is 0.856. The largest absolute Gasteiger partial charge is 0.377 e. The van der Waals surface area contributed by atoms with Crippen molar-refractivity contribution in [2.75, 3.05) is 12.4 Å². The topological polar surface area (TPSA) is 81.8 Å². The van der Waals surface area contributed by atoms with Gasteiger partial charge in [0.1, 0.15) is 10.7 Å². The van der Waals surface area contributed by atoms with Crippen molar-refractivity contribution < 1.29 is 0 Å². The second-order valence-corrected chi connectivity index (χ2v) is 4.77. The molecule has 2 rings (SSSR count). The van der Waals surface area contributed by atoms with Crippen LogP contribution in [-0.2, 0) is 13.1 Å². The predicted octanol–water partition coefficient (Wildman–Crippen LogP) is 0.361. The van der Waals surface area contributed by atoms with Crippen LogP contribution in [0.5, 0.6) is 0 Å². The minimum atomic E-state index is -0.326. The predicted molar refractivity (Wildman–Crippen MR) is 73.8 cm³/mol. The van der Waals surface area contributed by atoms with Crippen molar-refractivity contribution >= 4 is 16.5 Å². The van der Waals surface area contributed by atoms with Crippen molar-refractivity contribution in [1.82, 2.24) is 18.7 Å². The zero-order chi connectivity index (χ0) is 13.8. The van der Waals surface area contributed by atoms with Crippen molar-refractivity contribution in [2.45, 2.75) is 26.4 Å². The van der Waals surface area contributed by atoms with Crippen LogP contribution in [-0.4, -0.2) is 25.8 Å². The van der Waals surface area contributed by atoms with Gasteiger partial charge in [-0.1, -0.05) is 11.4 Å². The van der Waals surface area contributed by atoms with Crippen LogP contribution in [0.25, 0.3) is 0 Å². The van der Waals surface area contributed by atoms with Gasteiger partial charge in [0.25, 0.3) is 5.56 Å². The standard InChI is InChI=1S/C11H15N5O2S/c1-3-5-15-6-4-9(17)16(11(15)18)7-8-10(12-2)19-14-13-8/h4,6,12H,3,5,7H2,1-2H3. The van der Waals surface area contributed by atoms with E-state index in [9.17, 15) is 9.59 Å². The molecule has 0 fully saturated rings. The summed E-state index contributed by atoms with van der Waals surface area (Å²) in [5, 5.41) is 7.64. The van der Waals surface area contributed by atoms with Crippen LogP contribution in [0, 0.1) is 0 Å². The minimum absolute atomic E-state index is 0.134. The number of rotatable bonds is 5. The van der Waals surface area contributed by atoms with E-state index in [0.717, 1.165) is 11.4 Å². The van der Waals surface area contributed by atoms with Gasteiger partial charge in [-0.3, -0.25) is 9.36 Å². The van der Waals surface area contributed by atoms with Crippen LogP contribution in [0.3, 0.4) is 0 Å². The molecule has 19 heavy (non-hydrogen) atoms. The van der Waals surface area contributed by atoms with Gasteiger partial charge in [-0.2, -0.15) is 0 Å². The third kappa shape index (κ3) is 2.73. The van der Waals surface area contributed by atoms with Gasteiger partial charge < -0.3 is 9.88 Å². The molecule has 0 saturated carbocycles. The van der Waals surface area contributed by atoms with E-state index in [1.165, 1.54) is 32.9 Å². The molecule has 102 valence electrons. The first-order chi connectivity index (χ1) is 9.17. The SMILES string of the molecule is CCCn1ccc(=O)n(Cc2nnsc2NC)c1=O. The fourth-order valence-electron chi connectivity index (χ4n) is 1.77. The molecule has 0 unspecified atom stereocenters. The molecule has 7 nitrogen and oxygen atoms in total. The van der Waals surface area contributed by atoms with E-state index < -0.39 is 0 Å². The Bertz CT molecular complexity index is 672. The van der Waals surface area contributed by atoms with Gasteiger partial charge in [0.05, 0.1) is 6.54 Å². The van der Waals surface area contributed by atoms with Gasteiger partial charge >= 0.3 is 5.69 Å². The first kappa shape index (κ1) is 13.5. The number of hydrogen-bond donors (Lipinski definition) is 1. The molecule has 0 aliphatic carbocycles. The van der Waals surface area contributed by atoms with E-state index in [1.807, 2.05) is 6.92 Å². The lowest BCUT2D eigenvalue weighted by Crippen LogP contribution is -2.39. The Morgan fingerprint density at radius 2 is 2.21 bits per heavy atom. The fraction of sp³-hybridized carbons (Fsp3) is 0.455. The number of nitrogens with one attached hydrogen (secondary N) is 1. The molecule has 0 saturated heterocycles. The van der Waals surface area contributed by atoms with E-state index >= 15 is 0 Å². The zero-order valence-corrected chi connectivity index (χ0v) is 11.6. The van der Waals surface area contributed by atoms with Gasteiger partial charge in [-0.05, 0) is 6.42 Å². The Morgan fingerprint density at radius 1 is 1.42 bits per heavy atom. The molecule has 2 heterocycles. The fourth-order valence-corrected chi connectivity index (χ4v) is 2.29. The molecule has 0 spiro atoms. The van der Waals surface area contributed by atoms with Crippen LogP contribution in [0.4, 0.5) is 5.00 Å². The number of aryl methyl sites for hydroxylation is 1. The van der Waals surface area contributed by atoms with Gasteiger partial charge in [-0.25, -0.2) is 4.79 Å². The van der Waals surface area contributed by atoms with Crippen LogP contribution in [0.1, 0.15) is 19.0 Å². The Balaban J connectivity index is 2.42. The molecule has 1 N–H and O–H groups in total. The first-order valence-corrected chi connectivity index (χ1v) is 6.74. The van der Waals surface area contributed by atoms with Crippen molar-refractivity contribution in [3.63, 3.8) is 0 Å². The Hall–Kier alpha value is -1.96. The van der Waals surface area contributed by atoms with Gasteiger partial charge in [0.15, 0.2) is 0 Å². The van der Waals surface area contributed by atoms with E-state index in [2.05, 4.69) is 14.9 Å². The van der Waals surface area contributed by atoms with Crippen LogP contribution in [0.15, 0.2) is 21.9 Å². The van der Waals surface area contributed by atoms with Crippen molar-refractivity contribution in [3.8, 4) is 0 Å². The highest BCUT2D eigenvalue weighted by Gasteiger charge is 2.11. The normalized spacial score (nSPS) is 10.6. The summed E-state index contributed by atoms with van der Waals surface area (Å²) in [5.74, 6) is 0. The van der Waals surface area contributed by atoms with E-state index in [1.54, 1.807) is 7.05 Å². The minimum Gasteiger partial charge on any atom is -0.377 e. The average Bonchev–Trinajstić information content (AvgIpc) is 2.85. The van der Waals surface area contributed by atoms with E-state index in [4.69, 9.17) is 0 Å². The molecule has 8 heteroatoms. The Kier molecular flexibility index (Phi) is 4.10. The zero-order valence-electron chi connectivity index (χ0n) is 10.8. The van der Waals surface area contributed by atoms with Crippen molar-refractivity contribution in [1.29, 1.82) is 0 Å². The number of aromatic nitrogens is 4. The maximum absolute atomic E-state index is 12.2. The summed E-state index contributed by atoms with van der Waals surface area (Å²) in [7, 11) is 1.75. The smallest absolute Gasteiger partial charge is 0.331 e. The Labute approximate surface area is 113 Å². The van der Waals surface area contributed by atoms with E-state index in [-0.39, 0.29) is 17.8 Å². The molecule has 0 amide bonds. The summed E-state index contributed by atoms with van der Waals surface area (Å²) in [6, 6.07) is 1.40. The number of hydrogen-bond acceptors (Lipinski definition) is 6. The van der Waals surface area contributed by atoms with Gasteiger partial charge in [0, 0.05) is 37.4 Å². The van der Waals surface area contributed by atoms with Crippen LogP contribution < -0.4 is 16.6 Å². The van der Waals surface area contributed by atoms with E-state index in [0.29, 0.717) is 12.2 Å². The lowest BCUT2D eigenvalue weighted by molar-refractivity contribution is 0.567. The second kappa shape index (κ2) is 5.79. The molecule has 0 atom stereocenters. The summed E-state index contributed by atoms with van der Waals surface area (Å²) in [5.41, 5.74) is -0.0437. The molecule has 2 aromatic heterocycles. The lowest BCUT2D eigenvalue weighted by atomic mass is 10.4. The lowest BCUT2D eigenvalue weighted by Gasteiger charge is -2.08. The maximum atomic E-state index is 12.2. The van der Waals surface area contributed by atoms with Crippen LogP contribution in [0.2, 0.25) is 0 Å². The highest BCUT2D eigenvalue weighted by atomic mass is 32.1. The van der Waals surface area contributed by atoms with Crippen molar-refractivity contribution in [3.05, 3.63) is 38.8 Å². The number of nitrogens with zero attached hydrogens (tertiary/aromatic N) is 4. The molecule has 0 aliphatic rings. The average molecular weight is 281 g/mol.